The molecule has 2 fully saturated rings. The van der Waals surface area contributed by atoms with Crippen LogP contribution in [0.3, 0.4) is 0 Å². The van der Waals surface area contributed by atoms with Crippen molar-refractivity contribution in [2.24, 2.45) is 0 Å². The topological polar surface area (TPSA) is 65.1 Å². The summed E-state index contributed by atoms with van der Waals surface area (Å²) in [7, 11) is 1.71. The second kappa shape index (κ2) is 10.2. The van der Waals surface area contributed by atoms with Crippen LogP contribution in [0.2, 0.25) is 0 Å². The summed E-state index contributed by atoms with van der Waals surface area (Å²) in [4.78, 5) is 32.1. The molecule has 2 aromatic carbocycles. The van der Waals surface area contributed by atoms with Crippen LogP contribution in [0.1, 0.15) is 12.0 Å². The van der Waals surface area contributed by atoms with E-state index in [-0.39, 0.29) is 18.2 Å². The van der Waals surface area contributed by atoms with Crippen molar-refractivity contribution < 1.29 is 14.3 Å². The largest absolute Gasteiger partial charge is 0.383 e. The maximum absolute atomic E-state index is 13.0. The van der Waals surface area contributed by atoms with Crippen molar-refractivity contribution >= 4 is 22.6 Å². The number of piperazine rings is 2. The number of amides is 2. The molecule has 1 atom stereocenters. The Morgan fingerprint density at radius 1 is 1.06 bits per heavy atom. The van der Waals surface area contributed by atoms with Gasteiger partial charge in [-0.05, 0) is 16.3 Å². The summed E-state index contributed by atoms with van der Waals surface area (Å²) < 4.78 is 5.15. The first-order valence-corrected chi connectivity index (χ1v) is 11.1. The molecule has 7 nitrogen and oxygen atoms in total. The minimum atomic E-state index is -0.424. The fraction of sp³-hybridized carbons (Fsp3) is 0.500. The van der Waals surface area contributed by atoms with Crippen molar-refractivity contribution in [3.05, 3.63) is 48.0 Å². The SMILES string of the molecule is COCCN1CCN(C(=O)CC2C(=O)NCCN2Cc2cccc3ccccc23)CC1. The predicted molar refractivity (Wildman–Crippen MR) is 121 cm³/mol. The normalized spacial score (nSPS) is 20.7. The number of nitrogens with zero attached hydrogens (tertiary/aromatic N) is 3. The zero-order valence-electron chi connectivity index (χ0n) is 18.3. The van der Waals surface area contributed by atoms with Crippen LogP contribution in [0.4, 0.5) is 0 Å². The van der Waals surface area contributed by atoms with E-state index >= 15 is 0 Å². The van der Waals surface area contributed by atoms with Crippen LogP contribution in [0.25, 0.3) is 10.8 Å². The van der Waals surface area contributed by atoms with Gasteiger partial charge >= 0.3 is 0 Å². The maximum Gasteiger partial charge on any atom is 0.237 e. The first kappa shape index (κ1) is 21.7. The summed E-state index contributed by atoms with van der Waals surface area (Å²) >= 11 is 0. The number of carbonyl (C=O) groups is 2. The van der Waals surface area contributed by atoms with E-state index in [4.69, 9.17) is 4.74 Å². The quantitative estimate of drug-likeness (QED) is 0.726. The fourth-order valence-corrected chi connectivity index (χ4v) is 4.56. The Hall–Kier alpha value is -2.48. The van der Waals surface area contributed by atoms with E-state index in [1.807, 2.05) is 17.0 Å². The number of nitrogens with one attached hydrogen (secondary N) is 1. The third-order valence-corrected chi connectivity index (χ3v) is 6.40. The monoisotopic (exact) mass is 424 g/mol. The van der Waals surface area contributed by atoms with Gasteiger partial charge in [-0.25, -0.2) is 0 Å². The van der Waals surface area contributed by atoms with Crippen molar-refractivity contribution in [2.75, 3.05) is 59.5 Å². The molecule has 0 spiro atoms. The average Bonchev–Trinajstić information content (AvgIpc) is 2.80. The van der Waals surface area contributed by atoms with E-state index in [2.05, 4.69) is 45.4 Å². The van der Waals surface area contributed by atoms with Gasteiger partial charge in [0.05, 0.1) is 19.1 Å². The Morgan fingerprint density at radius 2 is 1.84 bits per heavy atom. The molecule has 4 rings (SSSR count). The number of hydrogen-bond acceptors (Lipinski definition) is 5. The number of fused-ring (bicyclic) bond motifs is 1. The molecule has 0 aliphatic carbocycles. The van der Waals surface area contributed by atoms with E-state index in [1.54, 1.807) is 7.11 Å². The molecule has 2 aliphatic heterocycles. The molecule has 2 saturated heterocycles. The van der Waals surface area contributed by atoms with Crippen molar-refractivity contribution in [3.8, 4) is 0 Å². The lowest BCUT2D eigenvalue weighted by atomic mass is 10.0. The molecule has 2 heterocycles. The zero-order valence-corrected chi connectivity index (χ0v) is 18.3. The minimum Gasteiger partial charge on any atom is -0.383 e. The highest BCUT2D eigenvalue weighted by Crippen LogP contribution is 2.22. The van der Waals surface area contributed by atoms with E-state index < -0.39 is 6.04 Å². The third-order valence-electron chi connectivity index (χ3n) is 6.40. The highest BCUT2D eigenvalue weighted by Gasteiger charge is 2.33. The standard InChI is InChI=1S/C24H32N4O3/c1-31-16-15-26-11-13-27(14-12-26)23(29)17-22-24(30)25-9-10-28(22)18-20-7-4-6-19-5-2-3-8-21(19)20/h2-8,22H,9-18H2,1H3,(H,25,30). The molecule has 7 heteroatoms. The number of ether oxygens (including phenoxy) is 1. The van der Waals surface area contributed by atoms with Crippen LogP contribution >= 0.6 is 0 Å². The molecular weight excluding hydrogens is 392 g/mol. The molecule has 2 amide bonds. The predicted octanol–water partition coefficient (Wildman–Crippen LogP) is 1.32. The third kappa shape index (κ3) is 5.23. The van der Waals surface area contributed by atoms with Gasteiger partial charge in [0.1, 0.15) is 0 Å². The van der Waals surface area contributed by atoms with Crippen LogP contribution in [0.5, 0.6) is 0 Å². The first-order chi connectivity index (χ1) is 15.2. The van der Waals surface area contributed by atoms with Crippen molar-refractivity contribution in [3.63, 3.8) is 0 Å². The van der Waals surface area contributed by atoms with Crippen molar-refractivity contribution in [1.29, 1.82) is 0 Å². The molecule has 166 valence electrons. The second-order valence-corrected chi connectivity index (χ2v) is 8.33. The summed E-state index contributed by atoms with van der Waals surface area (Å²) in [5.74, 6) is 0.0231. The second-order valence-electron chi connectivity index (χ2n) is 8.33. The summed E-state index contributed by atoms with van der Waals surface area (Å²) in [6, 6.07) is 14.2. The maximum atomic E-state index is 13.0. The van der Waals surface area contributed by atoms with E-state index in [9.17, 15) is 9.59 Å². The van der Waals surface area contributed by atoms with Crippen molar-refractivity contribution in [2.45, 2.75) is 19.0 Å². The van der Waals surface area contributed by atoms with E-state index in [0.29, 0.717) is 32.8 Å². The van der Waals surface area contributed by atoms with Gasteiger partial charge in [0.15, 0.2) is 0 Å². The molecule has 0 radical (unpaired) electrons. The molecule has 2 aliphatic rings. The van der Waals surface area contributed by atoms with Gasteiger partial charge in [-0.1, -0.05) is 42.5 Å². The lowest BCUT2D eigenvalue weighted by Crippen LogP contribution is -2.57. The first-order valence-electron chi connectivity index (χ1n) is 11.1. The summed E-state index contributed by atoms with van der Waals surface area (Å²) in [5, 5.41) is 5.35. The molecule has 1 unspecified atom stereocenters. The van der Waals surface area contributed by atoms with Gasteiger partial charge in [-0.15, -0.1) is 0 Å². The molecule has 0 aromatic heterocycles. The van der Waals surface area contributed by atoms with E-state index in [1.165, 1.54) is 16.3 Å². The summed E-state index contributed by atoms with van der Waals surface area (Å²) in [5.41, 5.74) is 1.19. The zero-order chi connectivity index (χ0) is 21.6. The van der Waals surface area contributed by atoms with E-state index in [0.717, 1.165) is 26.2 Å². The highest BCUT2D eigenvalue weighted by atomic mass is 16.5. The Morgan fingerprint density at radius 3 is 2.65 bits per heavy atom. The fourth-order valence-electron chi connectivity index (χ4n) is 4.56. The molecule has 0 saturated carbocycles. The van der Waals surface area contributed by atoms with Crippen LogP contribution in [0.15, 0.2) is 42.5 Å². The lowest BCUT2D eigenvalue weighted by molar-refractivity contribution is -0.140. The number of methoxy groups -OCH3 is 1. The molecule has 0 bridgehead atoms. The Bertz CT molecular complexity index is 905. The van der Waals surface area contributed by atoms with Crippen LogP contribution in [-0.2, 0) is 20.9 Å². The average molecular weight is 425 g/mol. The smallest absolute Gasteiger partial charge is 0.237 e. The minimum absolute atomic E-state index is 0.0430. The van der Waals surface area contributed by atoms with Gasteiger partial charge < -0.3 is 15.0 Å². The molecule has 2 aromatic rings. The molecule has 31 heavy (non-hydrogen) atoms. The number of benzene rings is 2. The molecular formula is C24H32N4O3. The van der Waals surface area contributed by atoms with Gasteiger partial charge in [0.2, 0.25) is 11.8 Å². The van der Waals surface area contributed by atoms with Gasteiger partial charge in [-0.3, -0.25) is 19.4 Å². The van der Waals surface area contributed by atoms with Gasteiger partial charge in [0, 0.05) is 59.5 Å². The summed E-state index contributed by atoms with van der Waals surface area (Å²) in [6.45, 7) is 6.75. The van der Waals surface area contributed by atoms with Gasteiger partial charge in [0.25, 0.3) is 0 Å². The highest BCUT2D eigenvalue weighted by molar-refractivity contribution is 5.89. The number of rotatable bonds is 7. The van der Waals surface area contributed by atoms with Crippen LogP contribution in [-0.4, -0.2) is 92.1 Å². The Kier molecular flexibility index (Phi) is 7.17. The molecule has 1 N–H and O–H groups in total. The number of hydrogen-bond donors (Lipinski definition) is 1. The van der Waals surface area contributed by atoms with Crippen LogP contribution in [0, 0.1) is 0 Å². The number of carbonyl (C=O) groups excluding carboxylic acids is 2. The van der Waals surface area contributed by atoms with Crippen molar-refractivity contribution in [1.82, 2.24) is 20.0 Å². The van der Waals surface area contributed by atoms with Gasteiger partial charge in [-0.2, -0.15) is 0 Å². The Balaban J connectivity index is 1.41. The van der Waals surface area contributed by atoms with Crippen LogP contribution < -0.4 is 5.32 Å². The Labute approximate surface area is 183 Å². The lowest BCUT2D eigenvalue weighted by Gasteiger charge is -2.38. The summed E-state index contributed by atoms with van der Waals surface area (Å²) in [6.07, 6.45) is 0.231.